The Morgan fingerprint density at radius 3 is 2.17 bits per heavy atom. The fourth-order valence-electron chi connectivity index (χ4n) is 2.14. The number of hydrogen-bond donors (Lipinski definition) is 1. The summed E-state index contributed by atoms with van der Waals surface area (Å²) < 4.78 is 100. The molecule has 0 bridgehead atoms. The lowest BCUT2D eigenvalue weighted by Crippen LogP contribution is -2.14. The van der Waals surface area contributed by atoms with E-state index < -0.39 is 34.0 Å². The quantitative estimate of drug-likeness (QED) is 0.325. The van der Waals surface area contributed by atoms with Crippen LogP contribution in [0.5, 0.6) is 5.75 Å². The molecular weight excluding hydrogens is 462 g/mol. The number of nitrogens with zero attached hydrogens (tertiary/aromatic N) is 1. The number of rotatable bonds is 4. The van der Waals surface area contributed by atoms with Gasteiger partial charge in [0.2, 0.25) is 0 Å². The fraction of sp³-hybridized carbons (Fsp3) is 0.235. The number of benzene rings is 2. The van der Waals surface area contributed by atoms with Crippen LogP contribution in [0.25, 0.3) is 0 Å². The highest BCUT2D eigenvalue weighted by Gasteiger charge is 2.34. The molecule has 2 aromatic carbocycles. The molecule has 0 heterocycles. The Hall–Kier alpha value is -2.60. The molecule has 0 unspecified atom stereocenters. The van der Waals surface area contributed by atoms with Crippen LogP contribution in [-0.2, 0) is 22.9 Å². The zero-order chi connectivity index (χ0) is 23.1. The highest BCUT2D eigenvalue weighted by molar-refractivity contribution is 7.60. The SMILES string of the molecule is CC/C(=N\Oc1cccc(C(F)(F)F)c1)c1cc(Cl)ccc1C(F)(F)F.N=S(=O)=O. The number of nitrogens with one attached hydrogen (secondary N) is 1. The molecule has 30 heavy (non-hydrogen) atoms. The summed E-state index contributed by atoms with van der Waals surface area (Å²) in [5.41, 5.74) is -2.31. The Bertz CT molecular complexity index is 1010. The second-order valence-electron chi connectivity index (χ2n) is 5.43. The molecule has 0 fully saturated rings. The van der Waals surface area contributed by atoms with E-state index in [2.05, 4.69) is 5.16 Å². The van der Waals surface area contributed by atoms with Crippen molar-refractivity contribution in [2.45, 2.75) is 25.7 Å². The minimum atomic E-state index is -4.65. The van der Waals surface area contributed by atoms with Crippen LogP contribution in [0.3, 0.4) is 0 Å². The summed E-state index contributed by atoms with van der Waals surface area (Å²) >= 11 is 5.77. The minimum Gasteiger partial charge on any atom is -0.357 e. The number of hydrogen-bond acceptors (Lipinski definition) is 5. The van der Waals surface area contributed by atoms with E-state index in [0.29, 0.717) is 6.07 Å². The molecule has 164 valence electrons. The molecule has 13 heteroatoms. The van der Waals surface area contributed by atoms with Crippen molar-refractivity contribution in [3.05, 3.63) is 64.2 Å². The van der Waals surface area contributed by atoms with Gasteiger partial charge in [-0.25, -0.2) is 0 Å². The largest absolute Gasteiger partial charge is 0.417 e. The first-order valence-electron chi connectivity index (χ1n) is 7.84. The first-order chi connectivity index (χ1) is 13.8. The van der Waals surface area contributed by atoms with E-state index in [4.69, 9.17) is 29.6 Å². The molecule has 1 N–H and O–H groups in total. The lowest BCUT2D eigenvalue weighted by Gasteiger charge is -2.14. The van der Waals surface area contributed by atoms with Crippen molar-refractivity contribution >= 4 is 27.8 Å². The topological polar surface area (TPSA) is 79.6 Å². The molecule has 0 amide bonds. The van der Waals surface area contributed by atoms with Gasteiger partial charge >= 0.3 is 22.9 Å². The van der Waals surface area contributed by atoms with Crippen LogP contribution in [0.15, 0.2) is 47.6 Å². The van der Waals surface area contributed by atoms with Gasteiger partial charge in [0.15, 0.2) is 5.75 Å². The maximum atomic E-state index is 13.2. The Morgan fingerprint density at radius 2 is 1.67 bits per heavy atom. The third-order valence-electron chi connectivity index (χ3n) is 3.36. The van der Waals surface area contributed by atoms with Crippen molar-refractivity contribution in [2.24, 2.45) is 5.16 Å². The molecule has 2 aromatic rings. The Labute approximate surface area is 173 Å². The minimum absolute atomic E-state index is 0.0440. The summed E-state index contributed by atoms with van der Waals surface area (Å²) in [5, 5.41) is 3.67. The van der Waals surface area contributed by atoms with E-state index in [1.807, 2.05) is 0 Å². The highest BCUT2D eigenvalue weighted by atomic mass is 35.5. The van der Waals surface area contributed by atoms with Gasteiger partial charge < -0.3 is 4.84 Å². The van der Waals surface area contributed by atoms with E-state index in [1.165, 1.54) is 13.0 Å². The van der Waals surface area contributed by atoms with E-state index in [1.54, 1.807) is 0 Å². The van der Waals surface area contributed by atoms with Gasteiger partial charge in [0, 0.05) is 10.6 Å². The molecule has 0 aliphatic carbocycles. The molecule has 0 saturated heterocycles. The maximum Gasteiger partial charge on any atom is 0.417 e. The van der Waals surface area contributed by atoms with E-state index in [9.17, 15) is 26.3 Å². The Morgan fingerprint density at radius 1 is 1.07 bits per heavy atom. The monoisotopic (exact) mass is 474 g/mol. The van der Waals surface area contributed by atoms with Crippen molar-refractivity contribution < 1.29 is 39.6 Å². The van der Waals surface area contributed by atoms with Gasteiger partial charge in [-0.3, -0.25) is 0 Å². The average Bonchev–Trinajstić information content (AvgIpc) is 2.60. The van der Waals surface area contributed by atoms with Gasteiger partial charge in [-0.1, -0.05) is 29.7 Å². The zero-order valence-electron chi connectivity index (χ0n) is 15.0. The van der Waals surface area contributed by atoms with Crippen LogP contribution in [0.1, 0.15) is 30.0 Å². The number of oxime groups is 1. The van der Waals surface area contributed by atoms with E-state index in [0.717, 1.165) is 30.3 Å². The molecule has 0 aliphatic rings. The summed E-state index contributed by atoms with van der Waals surface area (Å²) in [6, 6.07) is 6.87. The molecule has 5 nitrogen and oxygen atoms in total. The predicted octanol–water partition coefficient (Wildman–Crippen LogP) is 6.20. The molecule has 2 rings (SSSR count). The van der Waals surface area contributed by atoms with Crippen molar-refractivity contribution in [2.75, 3.05) is 0 Å². The normalized spacial score (nSPS) is 12.1. The third-order valence-corrected chi connectivity index (χ3v) is 3.59. The van der Waals surface area contributed by atoms with Crippen LogP contribution in [0.4, 0.5) is 26.3 Å². The van der Waals surface area contributed by atoms with Crippen LogP contribution in [-0.4, -0.2) is 14.1 Å². The number of alkyl halides is 6. The second-order valence-corrected chi connectivity index (χ2v) is 6.34. The number of halogens is 7. The van der Waals surface area contributed by atoms with Gasteiger partial charge in [-0.15, -0.1) is 0 Å². The van der Waals surface area contributed by atoms with Crippen LogP contribution in [0, 0.1) is 4.78 Å². The summed E-state index contributed by atoms with van der Waals surface area (Å²) in [6.45, 7) is 1.54. The van der Waals surface area contributed by atoms with Crippen molar-refractivity contribution in [3.63, 3.8) is 0 Å². The van der Waals surface area contributed by atoms with Crippen LogP contribution in [0.2, 0.25) is 5.02 Å². The van der Waals surface area contributed by atoms with Gasteiger partial charge in [-0.2, -0.15) is 39.5 Å². The summed E-state index contributed by atoms with van der Waals surface area (Å²) in [5.74, 6) is -0.249. The summed E-state index contributed by atoms with van der Waals surface area (Å²) in [4.78, 5) is 4.93. The fourth-order valence-corrected chi connectivity index (χ4v) is 2.32. The van der Waals surface area contributed by atoms with Crippen LogP contribution < -0.4 is 4.84 Å². The van der Waals surface area contributed by atoms with E-state index in [-0.39, 0.29) is 28.5 Å². The third kappa shape index (κ3) is 8.03. The van der Waals surface area contributed by atoms with Gasteiger partial charge in [0.05, 0.1) is 16.8 Å². The molecule has 0 atom stereocenters. The average molecular weight is 475 g/mol. The Balaban J connectivity index is 0.00000103. The first kappa shape index (κ1) is 25.4. The summed E-state index contributed by atoms with van der Waals surface area (Å²) in [7, 11) is -2.61. The Kier molecular flexibility index (Phi) is 8.85. The lowest BCUT2D eigenvalue weighted by molar-refractivity contribution is -0.138. The second kappa shape index (κ2) is 10.4. The van der Waals surface area contributed by atoms with Crippen LogP contribution >= 0.6 is 11.6 Å². The molecule has 0 radical (unpaired) electrons. The van der Waals surface area contributed by atoms with Gasteiger partial charge in [-0.05, 0) is 42.8 Å². The lowest BCUT2D eigenvalue weighted by atomic mass is 10.0. The maximum absolute atomic E-state index is 13.2. The smallest absolute Gasteiger partial charge is 0.357 e. The highest BCUT2D eigenvalue weighted by Crippen LogP contribution is 2.34. The zero-order valence-corrected chi connectivity index (χ0v) is 16.5. The predicted molar refractivity (Wildman–Crippen MR) is 97.0 cm³/mol. The van der Waals surface area contributed by atoms with Crippen molar-refractivity contribution in [1.82, 2.24) is 0 Å². The molecule has 0 aromatic heterocycles. The summed E-state index contributed by atoms with van der Waals surface area (Å²) in [6.07, 6.45) is -9.18. The molecule has 0 aliphatic heterocycles. The standard InChI is InChI=1S/C17H12ClF6NO.HNO2S/c1-2-15(13-9-11(18)6-7-14(13)17(22,23)24)25-26-12-5-3-4-10(8-12)16(19,20)21;1-4(2)3/h3-9H,2H2,1H3;1H/b25-15+;. The van der Waals surface area contributed by atoms with E-state index >= 15 is 0 Å². The van der Waals surface area contributed by atoms with Gasteiger partial charge in [0.1, 0.15) is 0 Å². The van der Waals surface area contributed by atoms with Crippen molar-refractivity contribution in [1.29, 1.82) is 4.78 Å². The van der Waals surface area contributed by atoms with Crippen molar-refractivity contribution in [3.8, 4) is 5.75 Å². The first-order valence-corrected chi connectivity index (χ1v) is 9.29. The molecular formula is C17H13ClF6N2O3S. The molecule has 0 spiro atoms. The molecule has 0 saturated carbocycles. The van der Waals surface area contributed by atoms with Gasteiger partial charge in [0.25, 0.3) is 0 Å².